The van der Waals surface area contributed by atoms with Crippen molar-refractivity contribution >= 4 is 0 Å². The Balaban J connectivity index is 3.44. The predicted molar refractivity (Wildman–Crippen MR) is 46.2 cm³/mol. The van der Waals surface area contributed by atoms with Gasteiger partial charge in [-0.05, 0) is 6.42 Å². The monoisotopic (exact) mass is 222 g/mol. The molecular weight excluding hydrogens is 212 g/mol. The third kappa shape index (κ3) is 1.97. The maximum absolute atomic E-state index is 13.2. The van der Waals surface area contributed by atoms with Gasteiger partial charge in [0.2, 0.25) is 0 Å². The lowest BCUT2D eigenvalue weighted by Crippen LogP contribution is -2.08. The zero-order valence-corrected chi connectivity index (χ0v) is 8.08. The summed E-state index contributed by atoms with van der Waals surface area (Å²) in [7, 11) is 0. The Kier molecular flexibility index (Phi) is 3.68. The van der Waals surface area contributed by atoms with Crippen molar-refractivity contribution in [3.63, 3.8) is 0 Å². The highest BCUT2D eigenvalue weighted by atomic mass is 19.2. The molecule has 1 nitrogen and oxygen atoms in total. The Bertz CT molecular complexity index is 347. The van der Waals surface area contributed by atoms with Crippen LogP contribution >= 0.6 is 0 Å². The lowest BCUT2D eigenvalue weighted by atomic mass is 10.0. The van der Waals surface area contributed by atoms with Crippen LogP contribution in [0.15, 0.2) is 0 Å². The average molecular weight is 222 g/mol. The number of rotatable bonds is 3. The number of benzene rings is 1. The molecule has 0 aliphatic rings. The maximum Gasteiger partial charge on any atom is 0.167 e. The smallest absolute Gasteiger partial charge is 0.167 e. The molecule has 0 unspecified atom stereocenters. The Labute approximate surface area is 84.3 Å². The minimum atomic E-state index is -1.51. The predicted octanol–water partition coefficient (Wildman–Crippen LogP) is 2.69. The highest BCUT2D eigenvalue weighted by Gasteiger charge is 2.23. The lowest BCUT2D eigenvalue weighted by molar-refractivity contribution is 0.262. The molecule has 1 aromatic carbocycles. The van der Waals surface area contributed by atoms with Crippen LogP contribution in [0.25, 0.3) is 0 Å². The van der Waals surface area contributed by atoms with Gasteiger partial charge in [0.05, 0.1) is 12.2 Å². The van der Waals surface area contributed by atoms with E-state index in [-0.39, 0.29) is 6.42 Å². The van der Waals surface area contributed by atoms with Gasteiger partial charge >= 0.3 is 0 Å². The van der Waals surface area contributed by atoms with Gasteiger partial charge in [-0.3, -0.25) is 0 Å². The van der Waals surface area contributed by atoms with Crippen molar-refractivity contribution in [3.05, 3.63) is 34.4 Å². The molecule has 0 atom stereocenters. The van der Waals surface area contributed by atoms with Crippen LogP contribution in [0.4, 0.5) is 17.6 Å². The molecule has 0 heterocycles. The molecular formula is C10H10F4O. The molecule has 0 fully saturated rings. The topological polar surface area (TPSA) is 20.2 Å². The lowest BCUT2D eigenvalue weighted by Gasteiger charge is -2.09. The Morgan fingerprint density at radius 1 is 0.867 bits per heavy atom. The van der Waals surface area contributed by atoms with E-state index in [1.54, 1.807) is 6.92 Å². The van der Waals surface area contributed by atoms with Gasteiger partial charge in [0, 0.05) is 5.56 Å². The first kappa shape index (κ1) is 12.0. The number of aliphatic hydroxyl groups excluding tert-OH is 1. The van der Waals surface area contributed by atoms with Gasteiger partial charge in [-0.1, -0.05) is 13.3 Å². The Hall–Kier alpha value is -1.10. The van der Waals surface area contributed by atoms with Crippen LogP contribution in [0.3, 0.4) is 0 Å². The molecule has 5 heteroatoms. The fraction of sp³-hybridized carbons (Fsp3) is 0.400. The summed E-state index contributed by atoms with van der Waals surface area (Å²) in [6.07, 6.45) is 0.280. The summed E-state index contributed by atoms with van der Waals surface area (Å²) >= 11 is 0. The molecule has 0 aliphatic carbocycles. The van der Waals surface area contributed by atoms with E-state index in [4.69, 9.17) is 5.11 Å². The van der Waals surface area contributed by atoms with Crippen LogP contribution in [0, 0.1) is 23.3 Å². The first-order valence-electron chi connectivity index (χ1n) is 4.49. The molecule has 1 rings (SSSR count). The third-order valence-electron chi connectivity index (χ3n) is 2.10. The van der Waals surface area contributed by atoms with Crippen molar-refractivity contribution in [2.45, 2.75) is 26.4 Å². The first-order valence-corrected chi connectivity index (χ1v) is 4.49. The summed E-state index contributed by atoms with van der Waals surface area (Å²) in [5.74, 6) is -5.86. The number of aliphatic hydroxyl groups is 1. The van der Waals surface area contributed by atoms with Crippen LogP contribution in [-0.4, -0.2) is 5.11 Å². The Morgan fingerprint density at radius 3 is 1.60 bits per heavy atom. The van der Waals surface area contributed by atoms with E-state index in [0.29, 0.717) is 6.42 Å². The highest BCUT2D eigenvalue weighted by Crippen LogP contribution is 2.25. The molecule has 0 aliphatic heterocycles. The number of hydrogen-bond donors (Lipinski definition) is 1. The molecule has 0 aromatic heterocycles. The van der Waals surface area contributed by atoms with Crippen LogP contribution in [-0.2, 0) is 13.0 Å². The summed E-state index contributed by atoms with van der Waals surface area (Å²) in [6.45, 7) is 0.562. The molecule has 0 radical (unpaired) electrons. The largest absolute Gasteiger partial charge is 0.391 e. The minimum Gasteiger partial charge on any atom is -0.391 e. The highest BCUT2D eigenvalue weighted by molar-refractivity contribution is 5.29. The van der Waals surface area contributed by atoms with Gasteiger partial charge in [0.25, 0.3) is 0 Å². The summed E-state index contributed by atoms with van der Waals surface area (Å²) in [4.78, 5) is 0. The minimum absolute atomic E-state index is 0.0861. The molecule has 1 aromatic rings. The Morgan fingerprint density at radius 2 is 1.27 bits per heavy atom. The normalized spacial score (nSPS) is 10.8. The third-order valence-corrected chi connectivity index (χ3v) is 2.10. The zero-order valence-electron chi connectivity index (χ0n) is 8.08. The molecule has 0 bridgehead atoms. The summed E-state index contributed by atoms with van der Waals surface area (Å²) < 4.78 is 52.5. The van der Waals surface area contributed by atoms with Crippen molar-refractivity contribution in [1.29, 1.82) is 0 Å². The van der Waals surface area contributed by atoms with Gasteiger partial charge in [0.1, 0.15) is 0 Å². The van der Waals surface area contributed by atoms with Crippen LogP contribution in [0.2, 0.25) is 0 Å². The SMILES string of the molecule is CCCc1c(F)c(F)c(CO)c(F)c1F. The second-order valence-corrected chi connectivity index (χ2v) is 3.12. The molecule has 0 saturated carbocycles. The number of hydrogen-bond acceptors (Lipinski definition) is 1. The van der Waals surface area contributed by atoms with E-state index < -0.39 is 41.0 Å². The average Bonchev–Trinajstić information content (AvgIpc) is 2.23. The van der Waals surface area contributed by atoms with Gasteiger partial charge < -0.3 is 5.11 Å². The van der Waals surface area contributed by atoms with E-state index in [1.807, 2.05) is 0 Å². The van der Waals surface area contributed by atoms with Crippen molar-refractivity contribution in [2.75, 3.05) is 0 Å². The van der Waals surface area contributed by atoms with Gasteiger partial charge in [0.15, 0.2) is 23.3 Å². The van der Waals surface area contributed by atoms with E-state index in [1.165, 1.54) is 0 Å². The second kappa shape index (κ2) is 4.61. The second-order valence-electron chi connectivity index (χ2n) is 3.12. The van der Waals surface area contributed by atoms with Crippen LogP contribution < -0.4 is 0 Å². The van der Waals surface area contributed by atoms with Gasteiger partial charge in [-0.25, -0.2) is 17.6 Å². The maximum atomic E-state index is 13.2. The summed E-state index contributed by atoms with van der Waals surface area (Å²) in [5.41, 5.74) is -1.57. The summed E-state index contributed by atoms with van der Waals surface area (Å²) in [6, 6.07) is 0. The molecule has 0 amide bonds. The van der Waals surface area contributed by atoms with Crippen molar-refractivity contribution in [2.24, 2.45) is 0 Å². The van der Waals surface area contributed by atoms with E-state index in [9.17, 15) is 17.6 Å². The van der Waals surface area contributed by atoms with Crippen molar-refractivity contribution < 1.29 is 22.7 Å². The van der Waals surface area contributed by atoms with E-state index in [2.05, 4.69) is 0 Å². The van der Waals surface area contributed by atoms with Gasteiger partial charge in [-0.15, -0.1) is 0 Å². The standard InChI is InChI=1S/C10H10F4O/c1-2-3-5-7(11)9(13)6(4-15)10(14)8(5)12/h15H,2-4H2,1H3. The number of halogens is 4. The van der Waals surface area contributed by atoms with Crippen molar-refractivity contribution in [1.82, 2.24) is 0 Å². The van der Waals surface area contributed by atoms with Gasteiger partial charge in [-0.2, -0.15) is 0 Å². The van der Waals surface area contributed by atoms with E-state index >= 15 is 0 Å². The van der Waals surface area contributed by atoms with Crippen molar-refractivity contribution in [3.8, 4) is 0 Å². The molecule has 0 spiro atoms. The fourth-order valence-corrected chi connectivity index (χ4v) is 1.33. The summed E-state index contributed by atoms with van der Waals surface area (Å²) in [5, 5.41) is 8.56. The first-order chi connectivity index (χ1) is 7.04. The molecule has 1 N–H and O–H groups in total. The van der Waals surface area contributed by atoms with Crippen LogP contribution in [0.1, 0.15) is 24.5 Å². The fourth-order valence-electron chi connectivity index (χ4n) is 1.33. The van der Waals surface area contributed by atoms with E-state index in [0.717, 1.165) is 0 Å². The quantitative estimate of drug-likeness (QED) is 0.615. The molecule has 15 heavy (non-hydrogen) atoms. The molecule has 84 valence electrons. The molecule has 0 saturated heterocycles. The zero-order chi connectivity index (χ0) is 11.6. The van der Waals surface area contributed by atoms with Crippen LogP contribution in [0.5, 0.6) is 0 Å².